The Balaban J connectivity index is 1.86. The van der Waals surface area contributed by atoms with Crippen LogP contribution in [-0.2, 0) is 4.79 Å². The van der Waals surface area contributed by atoms with E-state index in [9.17, 15) is 9.59 Å². The number of halogens is 1. The fourth-order valence-corrected chi connectivity index (χ4v) is 3.59. The van der Waals surface area contributed by atoms with Crippen molar-refractivity contribution in [3.8, 4) is 11.5 Å². The Kier molecular flexibility index (Phi) is 5.98. The van der Waals surface area contributed by atoms with Crippen LogP contribution in [0.2, 0.25) is 0 Å². The molecule has 27 heavy (non-hydrogen) atoms. The third-order valence-corrected chi connectivity index (χ3v) is 5.26. The summed E-state index contributed by atoms with van der Waals surface area (Å²) in [5, 5.41) is 2.86. The SMILES string of the molecule is COc1cc(Br)c(/C=C2\SC(=NC(=O)c3ccccc3)NC2=O)cc1OC. The molecule has 1 fully saturated rings. The number of nitrogens with zero attached hydrogens (tertiary/aromatic N) is 1. The van der Waals surface area contributed by atoms with Crippen LogP contribution in [0.3, 0.4) is 0 Å². The predicted molar refractivity (Wildman–Crippen MR) is 109 cm³/mol. The third-order valence-electron chi connectivity index (χ3n) is 3.66. The second kappa shape index (κ2) is 8.41. The molecule has 0 bridgehead atoms. The zero-order valence-electron chi connectivity index (χ0n) is 14.5. The number of ether oxygens (including phenoxy) is 2. The van der Waals surface area contributed by atoms with Crippen molar-refractivity contribution in [2.75, 3.05) is 14.2 Å². The van der Waals surface area contributed by atoms with Gasteiger partial charge in [-0.2, -0.15) is 4.99 Å². The highest BCUT2D eigenvalue weighted by molar-refractivity contribution is 9.10. The largest absolute Gasteiger partial charge is 0.493 e. The number of hydrogen-bond donors (Lipinski definition) is 1. The summed E-state index contributed by atoms with van der Waals surface area (Å²) in [7, 11) is 3.09. The van der Waals surface area contributed by atoms with Crippen molar-refractivity contribution in [1.82, 2.24) is 5.32 Å². The normalized spacial score (nSPS) is 16.5. The molecule has 1 N–H and O–H groups in total. The topological polar surface area (TPSA) is 77.0 Å². The van der Waals surface area contributed by atoms with E-state index >= 15 is 0 Å². The number of methoxy groups -OCH3 is 2. The van der Waals surface area contributed by atoms with Crippen LogP contribution in [0.1, 0.15) is 15.9 Å². The van der Waals surface area contributed by atoms with Gasteiger partial charge < -0.3 is 14.8 Å². The molecule has 0 radical (unpaired) electrons. The minimum absolute atomic E-state index is 0.247. The van der Waals surface area contributed by atoms with Crippen molar-refractivity contribution in [3.05, 3.63) is 63.0 Å². The molecule has 2 amide bonds. The summed E-state index contributed by atoms with van der Waals surface area (Å²) in [4.78, 5) is 28.8. The Bertz CT molecular complexity index is 958. The minimum Gasteiger partial charge on any atom is -0.493 e. The number of aliphatic imine (C=N–C) groups is 1. The van der Waals surface area contributed by atoms with Gasteiger partial charge in [0.25, 0.3) is 11.8 Å². The minimum atomic E-state index is -0.410. The van der Waals surface area contributed by atoms with Gasteiger partial charge >= 0.3 is 0 Å². The smallest absolute Gasteiger partial charge is 0.279 e. The van der Waals surface area contributed by atoms with Gasteiger partial charge in [-0.05, 0) is 47.7 Å². The molecule has 0 unspecified atom stereocenters. The Hall–Kier alpha value is -2.58. The fraction of sp³-hybridized carbons (Fsp3) is 0.105. The van der Waals surface area contributed by atoms with Crippen molar-refractivity contribution in [2.24, 2.45) is 4.99 Å². The van der Waals surface area contributed by atoms with Gasteiger partial charge in [-0.1, -0.05) is 34.1 Å². The first-order chi connectivity index (χ1) is 13.0. The molecule has 0 aromatic heterocycles. The average Bonchev–Trinajstić information content (AvgIpc) is 3.02. The number of thioether (sulfide) groups is 1. The molecule has 0 saturated carbocycles. The first-order valence-corrected chi connectivity index (χ1v) is 9.43. The van der Waals surface area contributed by atoms with E-state index in [2.05, 4.69) is 26.2 Å². The molecule has 1 heterocycles. The molecule has 1 aliphatic heterocycles. The zero-order valence-corrected chi connectivity index (χ0v) is 16.9. The summed E-state index contributed by atoms with van der Waals surface area (Å²) in [5.74, 6) is 0.392. The predicted octanol–water partition coefficient (Wildman–Crippen LogP) is 3.87. The van der Waals surface area contributed by atoms with Crippen molar-refractivity contribution >= 4 is 50.7 Å². The second-order valence-electron chi connectivity index (χ2n) is 5.38. The van der Waals surface area contributed by atoms with Crippen molar-refractivity contribution in [3.63, 3.8) is 0 Å². The van der Waals surface area contributed by atoms with Crippen LogP contribution in [0, 0.1) is 0 Å². The Labute approximate surface area is 168 Å². The molecule has 1 saturated heterocycles. The maximum Gasteiger partial charge on any atom is 0.279 e. The first-order valence-electron chi connectivity index (χ1n) is 7.82. The lowest BCUT2D eigenvalue weighted by Crippen LogP contribution is -2.20. The van der Waals surface area contributed by atoms with Crippen LogP contribution in [0.5, 0.6) is 11.5 Å². The first kappa shape index (κ1) is 19.2. The number of benzene rings is 2. The number of amidine groups is 1. The molecule has 0 aliphatic carbocycles. The van der Waals surface area contributed by atoms with E-state index < -0.39 is 5.91 Å². The summed E-state index contributed by atoms with van der Waals surface area (Å²) < 4.78 is 11.3. The van der Waals surface area contributed by atoms with Gasteiger partial charge in [0, 0.05) is 10.0 Å². The fourth-order valence-electron chi connectivity index (χ4n) is 2.34. The molecule has 8 heteroatoms. The summed E-state index contributed by atoms with van der Waals surface area (Å²) in [6, 6.07) is 12.2. The van der Waals surface area contributed by atoms with Gasteiger partial charge in [0.15, 0.2) is 16.7 Å². The lowest BCUT2D eigenvalue weighted by Gasteiger charge is -2.10. The maximum absolute atomic E-state index is 12.2. The van der Waals surface area contributed by atoms with E-state index in [1.54, 1.807) is 56.7 Å². The molecule has 3 rings (SSSR count). The number of carbonyl (C=O) groups is 2. The molecule has 138 valence electrons. The van der Waals surface area contributed by atoms with Gasteiger partial charge in [0.1, 0.15) is 0 Å². The van der Waals surface area contributed by atoms with Crippen LogP contribution >= 0.6 is 27.7 Å². The molecule has 1 aliphatic rings. The van der Waals surface area contributed by atoms with E-state index in [0.717, 1.165) is 21.8 Å². The second-order valence-corrected chi connectivity index (χ2v) is 7.27. The molecular weight excluding hydrogens is 432 g/mol. The van der Waals surface area contributed by atoms with Crippen LogP contribution in [-0.4, -0.2) is 31.2 Å². The maximum atomic E-state index is 12.2. The van der Waals surface area contributed by atoms with E-state index in [1.165, 1.54) is 0 Å². The standard InChI is InChI=1S/C19H15BrN2O4S/c1-25-14-8-12(13(20)10-15(14)26-2)9-16-18(24)22-19(27-16)21-17(23)11-6-4-3-5-7-11/h3-10H,1-2H3,(H,21,22,23,24)/b16-9-. The van der Waals surface area contributed by atoms with Crippen LogP contribution in [0.4, 0.5) is 0 Å². The quantitative estimate of drug-likeness (QED) is 0.721. The molecule has 2 aromatic rings. The molecule has 0 spiro atoms. The number of nitrogens with one attached hydrogen (secondary N) is 1. The van der Waals surface area contributed by atoms with Crippen LogP contribution in [0.25, 0.3) is 6.08 Å². The lowest BCUT2D eigenvalue weighted by atomic mass is 10.2. The summed E-state index contributed by atoms with van der Waals surface area (Å²) in [6.45, 7) is 0. The zero-order chi connectivity index (χ0) is 19.4. The van der Waals surface area contributed by atoms with Crippen LogP contribution in [0.15, 0.2) is 56.8 Å². The number of hydrogen-bond acceptors (Lipinski definition) is 5. The highest BCUT2D eigenvalue weighted by Crippen LogP contribution is 2.36. The van der Waals surface area contributed by atoms with Crippen molar-refractivity contribution in [2.45, 2.75) is 0 Å². The lowest BCUT2D eigenvalue weighted by molar-refractivity contribution is -0.115. The van der Waals surface area contributed by atoms with Crippen LogP contribution < -0.4 is 14.8 Å². The Morgan fingerprint density at radius 3 is 2.48 bits per heavy atom. The van der Waals surface area contributed by atoms with Gasteiger partial charge in [-0.3, -0.25) is 9.59 Å². The average molecular weight is 447 g/mol. The highest BCUT2D eigenvalue weighted by Gasteiger charge is 2.25. The summed E-state index contributed by atoms with van der Waals surface area (Å²) in [6.07, 6.45) is 1.70. The monoisotopic (exact) mass is 446 g/mol. The Morgan fingerprint density at radius 1 is 1.15 bits per heavy atom. The van der Waals surface area contributed by atoms with E-state index in [0.29, 0.717) is 22.0 Å². The number of carbonyl (C=O) groups excluding carboxylic acids is 2. The van der Waals surface area contributed by atoms with E-state index in [1.807, 2.05) is 6.07 Å². The third kappa shape index (κ3) is 4.40. The highest BCUT2D eigenvalue weighted by atomic mass is 79.9. The summed E-state index contributed by atoms with van der Waals surface area (Å²) >= 11 is 4.56. The van der Waals surface area contributed by atoms with E-state index in [4.69, 9.17) is 9.47 Å². The van der Waals surface area contributed by atoms with E-state index in [-0.39, 0.29) is 11.1 Å². The molecular formula is C19H15BrN2O4S. The Morgan fingerprint density at radius 2 is 1.81 bits per heavy atom. The van der Waals surface area contributed by atoms with Crippen molar-refractivity contribution in [1.29, 1.82) is 0 Å². The molecule has 6 nitrogen and oxygen atoms in total. The van der Waals surface area contributed by atoms with Gasteiger partial charge in [0.05, 0.1) is 19.1 Å². The van der Waals surface area contributed by atoms with Gasteiger partial charge in [0.2, 0.25) is 0 Å². The van der Waals surface area contributed by atoms with Gasteiger partial charge in [-0.15, -0.1) is 0 Å². The van der Waals surface area contributed by atoms with Gasteiger partial charge in [-0.25, -0.2) is 0 Å². The number of rotatable bonds is 4. The molecule has 0 atom stereocenters. The molecule has 2 aromatic carbocycles. The van der Waals surface area contributed by atoms with Crippen molar-refractivity contribution < 1.29 is 19.1 Å². The summed E-state index contributed by atoms with van der Waals surface area (Å²) in [5.41, 5.74) is 1.20. The number of amides is 2.